The lowest BCUT2D eigenvalue weighted by Crippen LogP contribution is -1.99. The molecule has 1 aromatic heterocycles. The minimum atomic E-state index is -0.631. The molecule has 0 fully saturated rings. The van der Waals surface area contributed by atoms with Gasteiger partial charge in [0.05, 0.1) is 26.9 Å². The van der Waals surface area contributed by atoms with Crippen molar-refractivity contribution in [1.82, 2.24) is 5.16 Å². The second kappa shape index (κ2) is 5.05. The fourth-order valence-electron chi connectivity index (χ4n) is 1.73. The van der Waals surface area contributed by atoms with Crippen molar-refractivity contribution in [2.75, 3.05) is 27.1 Å². The Balaban J connectivity index is 2.75. The van der Waals surface area contributed by atoms with E-state index in [9.17, 15) is 4.39 Å². The van der Waals surface area contributed by atoms with Crippen LogP contribution in [0, 0.1) is 5.82 Å². The number of anilines is 1. The predicted octanol–water partition coefficient (Wildman–Crippen LogP) is 2.09. The first-order valence-electron chi connectivity index (χ1n) is 5.33. The highest BCUT2D eigenvalue weighted by Gasteiger charge is 2.24. The van der Waals surface area contributed by atoms with Gasteiger partial charge in [-0.05, 0) is 0 Å². The number of nitrogens with two attached hydrogens (primary N) is 1. The number of methoxy groups -OCH3 is 3. The van der Waals surface area contributed by atoms with Crippen LogP contribution in [0.15, 0.2) is 16.7 Å². The Kier molecular flexibility index (Phi) is 3.46. The molecule has 1 aromatic carbocycles. The van der Waals surface area contributed by atoms with E-state index in [-0.39, 0.29) is 28.6 Å². The molecule has 0 atom stereocenters. The van der Waals surface area contributed by atoms with Crippen LogP contribution >= 0.6 is 0 Å². The number of nitrogen functional groups attached to an aromatic ring is 1. The van der Waals surface area contributed by atoms with Crippen LogP contribution in [0.3, 0.4) is 0 Å². The number of rotatable bonds is 4. The monoisotopic (exact) mass is 268 g/mol. The van der Waals surface area contributed by atoms with Crippen molar-refractivity contribution in [1.29, 1.82) is 0 Å². The Bertz CT molecular complexity index is 598. The van der Waals surface area contributed by atoms with Crippen molar-refractivity contribution in [3.8, 4) is 28.5 Å². The number of benzene rings is 1. The summed E-state index contributed by atoms with van der Waals surface area (Å²) in [4.78, 5) is 0. The highest BCUT2D eigenvalue weighted by Crippen LogP contribution is 2.44. The highest BCUT2D eigenvalue weighted by atomic mass is 19.1. The third kappa shape index (κ3) is 2.14. The third-order valence-corrected chi connectivity index (χ3v) is 2.58. The van der Waals surface area contributed by atoms with Crippen molar-refractivity contribution in [2.24, 2.45) is 0 Å². The zero-order valence-electron chi connectivity index (χ0n) is 10.7. The summed E-state index contributed by atoms with van der Waals surface area (Å²) in [6.45, 7) is 0. The molecule has 19 heavy (non-hydrogen) atoms. The molecule has 2 aromatic rings. The van der Waals surface area contributed by atoms with E-state index in [4.69, 9.17) is 24.5 Å². The number of ether oxygens (including phenoxy) is 3. The fourth-order valence-corrected chi connectivity index (χ4v) is 1.73. The van der Waals surface area contributed by atoms with E-state index in [0.717, 1.165) is 0 Å². The highest BCUT2D eigenvalue weighted by molar-refractivity contribution is 5.75. The number of hydrogen-bond acceptors (Lipinski definition) is 6. The number of hydrogen-bond donors (Lipinski definition) is 1. The van der Waals surface area contributed by atoms with Crippen LogP contribution in [0.4, 0.5) is 10.3 Å². The lowest BCUT2D eigenvalue weighted by Gasteiger charge is -2.14. The molecule has 2 rings (SSSR count). The largest absolute Gasteiger partial charge is 0.494 e. The lowest BCUT2D eigenvalue weighted by atomic mass is 10.1. The topological polar surface area (TPSA) is 79.7 Å². The van der Waals surface area contributed by atoms with Crippen molar-refractivity contribution in [3.05, 3.63) is 17.9 Å². The Morgan fingerprint density at radius 3 is 2.26 bits per heavy atom. The normalized spacial score (nSPS) is 10.3. The first-order valence-corrected chi connectivity index (χ1v) is 5.33. The Labute approximate surface area is 108 Å². The van der Waals surface area contributed by atoms with Gasteiger partial charge in [-0.2, -0.15) is 0 Å². The van der Waals surface area contributed by atoms with E-state index in [0.29, 0.717) is 5.75 Å². The van der Waals surface area contributed by atoms with Gasteiger partial charge in [-0.1, -0.05) is 5.16 Å². The Hall–Kier alpha value is -2.44. The lowest BCUT2D eigenvalue weighted by molar-refractivity contribution is 0.341. The third-order valence-electron chi connectivity index (χ3n) is 2.58. The first-order chi connectivity index (χ1) is 9.12. The molecule has 0 aliphatic heterocycles. The van der Waals surface area contributed by atoms with Gasteiger partial charge in [0.25, 0.3) is 0 Å². The SMILES string of the molecule is COc1cc(OC)c(OC)c(-c2cc(N)on2)c1F. The molecule has 0 bridgehead atoms. The maximum absolute atomic E-state index is 14.3. The van der Waals surface area contributed by atoms with Crippen LogP contribution in [0.25, 0.3) is 11.3 Å². The van der Waals surface area contributed by atoms with Gasteiger partial charge in [0.15, 0.2) is 23.1 Å². The zero-order valence-corrected chi connectivity index (χ0v) is 10.7. The number of halogens is 1. The minimum Gasteiger partial charge on any atom is -0.494 e. The Morgan fingerprint density at radius 1 is 1.11 bits per heavy atom. The molecule has 0 saturated carbocycles. The molecular weight excluding hydrogens is 255 g/mol. The van der Waals surface area contributed by atoms with Gasteiger partial charge in [0.1, 0.15) is 5.69 Å². The van der Waals surface area contributed by atoms with Crippen molar-refractivity contribution in [2.45, 2.75) is 0 Å². The van der Waals surface area contributed by atoms with Gasteiger partial charge in [-0.25, -0.2) is 4.39 Å². The molecule has 0 radical (unpaired) electrons. The molecule has 1 heterocycles. The van der Waals surface area contributed by atoms with E-state index < -0.39 is 5.82 Å². The van der Waals surface area contributed by atoms with Gasteiger partial charge in [-0.3, -0.25) is 0 Å². The van der Waals surface area contributed by atoms with E-state index in [2.05, 4.69) is 5.16 Å². The zero-order chi connectivity index (χ0) is 14.0. The average molecular weight is 268 g/mol. The molecule has 0 spiro atoms. The average Bonchev–Trinajstić information content (AvgIpc) is 2.84. The van der Waals surface area contributed by atoms with Crippen LogP contribution in [0.5, 0.6) is 17.2 Å². The van der Waals surface area contributed by atoms with E-state index in [1.807, 2.05) is 0 Å². The molecule has 102 valence electrons. The summed E-state index contributed by atoms with van der Waals surface area (Å²) >= 11 is 0. The van der Waals surface area contributed by atoms with E-state index in [1.54, 1.807) is 0 Å². The summed E-state index contributed by atoms with van der Waals surface area (Å²) in [6, 6.07) is 2.78. The smallest absolute Gasteiger partial charge is 0.222 e. The molecule has 7 heteroatoms. The summed E-state index contributed by atoms with van der Waals surface area (Å²) in [6.07, 6.45) is 0. The van der Waals surface area contributed by atoms with Crippen molar-refractivity contribution < 1.29 is 23.1 Å². The summed E-state index contributed by atoms with van der Waals surface area (Å²) in [7, 11) is 4.19. The summed E-state index contributed by atoms with van der Waals surface area (Å²) in [5.41, 5.74) is 5.71. The van der Waals surface area contributed by atoms with Gasteiger partial charge in [0.2, 0.25) is 5.88 Å². The summed E-state index contributed by atoms with van der Waals surface area (Å²) < 4.78 is 34.4. The van der Waals surface area contributed by atoms with Crippen LogP contribution in [0.1, 0.15) is 0 Å². The predicted molar refractivity (Wildman–Crippen MR) is 66.0 cm³/mol. The van der Waals surface area contributed by atoms with Gasteiger partial charge in [-0.15, -0.1) is 0 Å². The van der Waals surface area contributed by atoms with Gasteiger partial charge < -0.3 is 24.5 Å². The van der Waals surface area contributed by atoms with Crippen LogP contribution < -0.4 is 19.9 Å². The molecule has 2 N–H and O–H groups in total. The van der Waals surface area contributed by atoms with Crippen LogP contribution in [-0.4, -0.2) is 26.5 Å². The number of nitrogens with zero attached hydrogens (tertiary/aromatic N) is 1. The van der Waals surface area contributed by atoms with Crippen molar-refractivity contribution >= 4 is 5.88 Å². The van der Waals surface area contributed by atoms with Gasteiger partial charge in [0, 0.05) is 12.1 Å². The second-order valence-electron chi connectivity index (χ2n) is 3.62. The Morgan fingerprint density at radius 2 is 1.79 bits per heavy atom. The molecule has 0 aliphatic carbocycles. The summed E-state index contributed by atoms with van der Waals surface area (Å²) in [5, 5.41) is 3.68. The van der Waals surface area contributed by atoms with Gasteiger partial charge >= 0.3 is 0 Å². The number of aromatic nitrogens is 1. The molecular formula is C12H13FN2O4. The molecule has 0 aliphatic rings. The van der Waals surface area contributed by atoms with Crippen LogP contribution in [-0.2, 0) is 0 Å². The molecule has 6 nitrogen and oxygen atoms in total. The van der Waals surface area contributed by atoms with Crippen LogP contribution in [0.2, 0.25) is 0 Å². The maximum atomic E-state index is 14.3. The maximum Gasteiger partial charge on any atom is 0.222 e. The van der Waals surface area contributed by atoms with Crippen molar-refractivity contribution in [3.63, 3.8) is 0 Å². The first kappa shape index (κ1) is 13.0. The fraction of sp³-hybridized carbons (Fsp3) is 0.250. The quantitative estimate of drug-likeness (QED) is 0.914. The standard InChI is InChI=1S/C12H13FN2O4/c1-16-7-5-8(17-2)12(18-3)10(11(7)13)6-4-9(14)19-15-6/h4-5H,14H2,1-3H3. The molecule has 0 amide bonds. The minimum absolute atomic E-state index is 0.00854. The second-order valence-corrected chi connectivity index (χ2v) is 3.62. The van der Waals surface area contributed by atoms with E-state index in [1.165, 1.54) is 33.5 Å². The molecule has 0 saturated heterocycles. The summed E-state index contributed by atoms with van der Waals surface area (Å²) in [5.74, 6) is -0.0488. The van der Waals surface area contributed by atoms with E-state index >= 15 is 0 Å². The molecule has 0 unspecified atom stereocenters.